The van der Waals surface area contributed by atoms with Crippen LogP contribution < -0.4 is 0 Å². The van der Waals surface area contributed by atoms with Gasteiger partial charge in [0, 0.05) is 11.8 Å². The van der Waals surface area contributed by atoms with Crippen molar-refractivity contribution in [3.8, 4) is 12.3 Å². The van der Waals surface area contributed by atoms with Crippen molar-refractivity contribution < 1.29 is 4.79 Å². The van der Waals surface area contributed by atoms with Gasteiger partial charge in [-0.1, -0.05) is 17.5 Å². The van der Waals surface area contributed by atoms with Crippen LogP contribution in [0.25, 0.3) is 0 Å². The van der Waals surface area contributed by atoms with Gasteiger partial charge in [0.05, 0.1) is 5.56 Å². The van der Waals surface area contributed by atoms with Crippen molar-refractivity contribution in [1.82, 2.24) is 4.98 Å². The maximum atomic E-state index is 10.4. The van der Waals surface area contributed by atoms with Crippen molar-refractivity contribution in [3.63, 3.8) is 0 Å². The van der Waals surface area contributed by atoms with Gasteiger partial charge < -0.3 is 0 Å². The van der Waals surface area contributed by atoms with Gasteiger partial charge in [-0.25, -0.2) is 4.98 Å². The van der Waals surface area contributed by atoms with Crippen LogP contribution in [0.2, 0.25) is 5.15 Å². The van der Waals surface area contributed by atoms with Crippen LogP contribution in [0.15, 0.2) is 12.3 Å². The highest BCUT2D eigenvalue weighted by Gasteiger charge is 2.03. The number of hydrogen-bond donors (Lipinski definition) is 0. The molecule has 2 nitrogen and oxygen atoms in total. The van der Waals surface area contributed by atoms with Crippen LogP contribution in [0.4, 0.5) is 0 Å². The first-order valence-corrected chi connectivity index (χ1v) is 3.23. The molecule has 11 heavy (non-hydrogen) atoms. The Kier molecular flexibility index (Phi) is 2.25. The molecule has 1 aromatic rings. The first kappa shape index (κ1) is 7.77. The van der Waals surface area contributed by atoms with E-state index in [0.717, 1.165) is 0 Å². The monoisotopic (exact) mass is 165 g/mol. The Morgan fingerprint density at radius 3 is 2.91 bits per heavy atom. The number of carbonyl (C=O) groups is 1. The van der Waals surface area contributed by atoms with Crippen molar-refractivity contribution in [2.45, 2.75) is 0 Å². The summed E-state index contributed by atoms with van der Waals surface area (Å²) < 4.78 is 0. The lowest BCUT2D eigenvalue weighted by molar-refractivity contribution is 0.112. The van der Waals surface area contributed by atoms with Crippen LogP contribution in [-0.2, 0) is 0 Å². The van der Waals surface area contributed by atoms with E-state index < -0.39 is 0 Å². The van der Waals surface area contributed by atoms with Crippen LogP contribution in [0, 0.1) is 12.3 Å². The second-order valence-corrected chi connectivity index (χ2v) is 2.18. The largest absolute Gasteiger partial charge is 0.298 e. The fourth-order valence-corrected chi connectivity index (χ4v) is 0.888. The van der Waals surface area contributed by atoms with Gasteiger partial charge in [-0.15, -0.1) is 6.42 Å². The Hall–Kier alpha value is -1.33. The highest BCUT2D eigenvalue weighted by molar-refractivity contribution is 6.31. The molecular formula is C8H4ClNO. The topological polar surface area (TPSA) is 30.0 Å². The summed E-state index contributed by atoms with van der Waals surface area (Å²) in [7, 11) is 0. The van der Waals surface area contributed by atoms with Crippen molar-refractivity contribution in [2.24, 2.45) is 0 Å². The van der Waals surface area contributed by atoms with Gasteiger partial charge >= 0.3 is 0 Å². The predicted molar refractivity (Wildman–Crippen MR) is 42.6 cm³/mol. The van der Waals surface area contributed by atoms with E-state index >= 15 is 0 Å². The van der Waals surface area contributed by atoms with Gasteiger partial charge in [0.1, 0.15) is 5.15 Å². The smallest absolute Gasteiger partial charge is 0.154 e. The predicted octanol–water partition coefficient (Wildman–Crippen LogP) is 1.53. The summed E-state index contributed by atoms with van der Waals surface area (Å²) in [4.78, 5) is 14.1. The Balaban J connectivity index is 3.38. The summed E-state index contributed by atoms with van der Waals surface area (Å²) >= 11 is 5.57. The third kappa shape index (κ3) is 1.39. The number of carbonyl (C=O) groups excluding carboxylic acids is 1. The molecule has 0 unspecified atom stereocenters. The lowest BCUT2D eigenvalue weighted by Crippen LogP contribution is -1.90. The lowest BCUT2D eigenvalue weighted by atomic mass is 10.2. The van der Waals surface area contributed by atoms with Crippen LogP contribution in [0.3, 0.4) is 0 Å². The molecule has 0 aliphatic heterocycles. The van der Waals surface area contributed by atoms with Crippen LogP contribution in [0.1, 0.15) is 15.9 Å². The molecule has 0 aromatic carbocycles. The average molecular weight is 166 g/mol. The molecule has 0 saturated heterocycles. The highest BCUT2D eigenvalue weighted by Crippen LogP contribution is 2.13. The quantitative estimate of drug-likeness (QED) is 0.359. The minimum atomic E-state index is 0.149. The molecule has 1 heterocycles. The summed E-state index contributed by atoms with van der Waals surface area (Å²) in [6.07, 6.45) is 7.16. The first-order chi connectivity index (χ1) is 5.29. The Labute approximate surface area is 69.2 Å². The molecule has 0 radical (unpaired) electrons. The number of aldehydes is 1. The molecule has 54 valence electrons. The van der Waals surface area contributed by atoms with Crippen molar-refractivity contribution in [3.05, 3.63) is 28.5 Å². The molecular weight excluding hydrogens is 162 g/mol. The number of nitrogens with zero attached hydrogens (tertiary/aromatic N) is 1. The molecule has 0 bridgehead atoms. The van der Waals surface area contributed by atoms with Gasteiger partial charge in [-0.05, 0) is 6.07 Å². The lowest BCUT2D eigenvalue weighted by Gasteiger charge is -1.96. The number of halogens is 1. The van der Waals surface area contributed by atoms with Crippen LogP contribution >= 0.6 is 11.6 Å². The molecule has 0 spiro atoms. The summed E-state index contributed by atoms with van der Waals surface area (Å²) in [6, 6.07) is 1.57. The summed E-state index contributed by atoms with van der Waals surface area (Å²) in [5.74, 6) is 2.33. The molecule has 1 rings (SSSR count). The molecule has 0 fully saturated rings. The molecule has 1 aromatic heterocycles. The molecule has 0 aliphatic rings. The fourth-order valence-electron chi connectivity index (χ4n) is 0.686. The second-order valence-electron chi connectivity index (χ2n) is 1.83. The molecule has 3 heteroatoms. The maximum absolute atomic E-state index is 10.4. The fraction of sp³-hybridized carbons (Fsp3) is 0. The second kappa shape index (κ2) is 3.18. The van der Waals surface area contributed by atoms with Gasteiger partial charge in [-0.3, -0.25) is 4.79 Å². The van der Waals surface area contributed by atoms with Crippen molar-refractivity contribution in [2.75, 3.05) is 0 Å². The van der Waals surface area contributed by atoms with Gasteiger partial charge in [-0.2, -0.15) is 0 Å². The first-order valence-electron chi connectivity index (χ1n) is 2.86. The number of rotatable bonds is 1. The van der Waals surface area contributed by atoms with Crippen LogP contribution in [0.5, 0.6) is 0 Å². The highest BCUT2D eigenvalue weighted by atomic mass is 35.5. The van der Waals surface area contributed by atoms with Gasteiger partial charge in [0.25, 0.3) is 0 Å². The molecule has 0 saturated carbocycles. The van der Waals surface area contributed by atoms with E-state index in [-0.39, 0.29) is 10.7 Å². The van der Waals surface area contributed by atoms with E-state index in [4.69, 9.17) is 18.0 Å². The summed E-state index contributed by atoms with van der Waals surface area (Å²) in [5, 5.41) is 0.149. The van der Waals surface area contributed by atoms with Crippen molar-refractivity contribution >= 4 is 17.9 Å². The van der Waals surface area contributed by atoms with Gasteiger partial charge in [0.2, 0.25) is 0 Å². The Bertz CT molecular complexity index is 327. The zero-order chi connectivity index (χ0) is 8.27. The van der Waals surface area contributed by atoms with Crippen molar-refractivity contribution in [1.29, 1.82) is 0 Å². The Morgan fingerprint density at radius 2 is 2.45 bits per heavy atom. The van der Waals surface area contributed by atoms with E-state index in [0.29, 0.717) is 11.8 Å². The molecule has 0 atom stereocenters. The number of aromatic nitrogens is 1. The van der Waals surface area contributed by atoms with Crippen LogP contribution in [-0.4, -0.2) is 11.3 Å². The van der Waals surface area contributed by atoms with E-state index in [1.54, 1.807) is 6.07 Å². The van der Waals surface area contributed by atoms with E-state index in [1.807, 2.05) is 0 Å². The standard InChI is InChI=1S/C8H4ClNO/c1-2-6-3-4-10-8(9)7(6)5-11/h1,3-5H. The number of terminal acetylenes is 1. The normalized spacial score (nSPS) is 8.73. The van der Waals surface area contributed by atoms with E-state index in [9.17, 15) is 4.79 Å². The Morgan fingerprint density at radius 1 is 1.73 bits per heavy atom. The average Bonchev–Trinajstić information content (AvgIpc) is 2.04. The zero-order valence-electron chi connectivity index (χ0n) is 5.54. The summed E-state index contributed by atoms with van der Waals surface area (Å²) in [5.41, 5.74) is 0.747. The third-order valence-corrected chi connectivity index (χ3v) is 1.52. The maximum Gasteiger partial charge on any atom is 0.154 e. The molecule has 0 aliphatic carbocycles. The van der Waals surface area contributed by atoms with E-state index in [1.165, 1.54) is 6.20 Å². The number of pyridine rings is 1. The zero-order valence-corrected chi connectivity index (χ0v) is 6.30. The SMILES string of the molecule is C#Cc1ccnc(Cl)c1C=O. The third-order valence-electron chi connectivity index (χ3n) is 1.21. The van der Waals surface area contributed by atoms with Gasteiger partial charge in [0.15, 0.2) is 6.29 Å². The summed E-state index contributed by atoms with van der Waals surface area (Å²) in [6.45, 7) is 0. The minimum absolute atomic E-state index is 0.149. The molecule has 0 amide bonds. The number of hydrogen-bond acceptors (Lipinski definition) is 2. The minimum Gasteiger partial charge on any atom is -0.298 e. The van der Waals surface area contributed by atoms with E-state index in [2.05, 4.69) is 10.9 Å². The molecule has 0 N–H and O–H groups in total.